The number of rotatable bonds is 3. The lowest BCUT2D eigenvalue weighted by Gasteiger charge is -2.56. The number of benzene rings is 1. The molecule has 140 valence electrons. The van der Waals surface area contributed by atoms with Gasteiger partial charge >= 0.3 is 0 Å². The molecular formula is C19H23NO5S. The second kappa shape index (κ2) is 5.24. The summed E-state index contributed by atoms with van der Waals surface area (Å²) in [6.07, 6.45) is 6.04. The molecule has 1 fully saturated rings. The molecule has 1 spiro atoms. The minimum absolute atomic E-state index is 0.251. The Labute approximate surface area is 153 Å². The van der Waals surface area contributed by atoms with Gasteiger partial charge < -0.3 is 14.4 Å². The molecular weight excluding hydrogens is 354 g/mol. The van der Waals surface area contributed by atoms with Gasteiger partial charge in [-0.05, 0) is 38.1 Å². The number of piperidine rings is 1. The molecule has 1 aromatic rings. The molecule has 0 radical (unpaired) electrons. The fourth-order valence-corrected chi connectivity index (χ4v) is 6.22. The number of ether oxygens (including phenoxy) is 2. The Morgan fingerprint density at radius 3 is 2.85 bits per heavy atom. The van der Waals surface area contributed by atoms with E-state index in [1.165, 1.54) is 11.1 Å². The van der Waals surface area contributed by atoms with Gasteiger partial charge in [0.1, 0.15) is 12.2 Å². The molecule has 2 aliphatic carbocycles. The topological polar surface area (TPSA) is 65.1 Å². The Balaban J connectivity index is 1.73. The van der Waals surface area contributed by atoms with Crippen LogP contribution in [-0.4, -0.2) is 58.5 Å². The average molecular weight is 377 g/mol. The van der Waals surface area contributed by atoms with Gasteiger partial charge in [0.2, 0.25) is 0 Å². The van der Waals surface area contributed by atoms with Crippen LogP contribution in [0.2, 0.25) is 0 Å². The highest BCUT2D eigenvalue weighted by Crippen LogP contribution is 2.62. The predicted octanol–water partition coefficient (Wildman–Crippen LogP) is 1.49. The maximum Gasteiger partial charge on any atom is 0.265 e. The molecule has 5 rings (SSSR count). The highest BCUT2D eigenvalue weighted by atomic mass is 32.2. The third-order valence-electron chi connectivity index (χ3n) is 6.62. The maximum atomic E-state index is 11.8. The van der Waals surface area contributed by atoms with Gasteiger partial charge in [0.25, 0.3) is 10.1 Å². The van der Waals surface area contributed by atoms with Crippen LogP contribution in [0.25, 0.3) is 0 Å². The van der Waals surface area contributed by atoms with Crippen LogP contribution in [0.4, 0.5) is 0 Å². The fourth-order valence-electron chi connectivity index (χ4n) is 5.65. The van der Waals surface area contributed by atoms with Crippen molar-refractivity contribution in [2.24, 2.45) is 5.92 Å². The highest BCUT2D eigenvalue weighted by molar-refractivity contribution is 7.86. The molecule has 1 saturated heterocycles. The van der Waals surface area contributed by atoms with Gasteiger partial charge in [0.05, 0.1) is 13.4 Å². The number of methoxy groups -OCH3 is 1. The van der Waals surface area contributed by atoms with Crippen LogP contribution < -0.4 is 9.47 Å². The standard InChI is InChI=1S/C19H23NO5S/c1-20-9-8-19-12-5-7-15(25-26(3,21)22)18(19)24-17-14(23-2)6-4-11(16(17)19)10-13(12)20/h4-7,12-13,15,18H,8-10H2,1-3H3/t12-,13+,15-,18+,19-/m0/s1. The lowest BCUT2D eigenvalue weighted by Crippen LogP contribution is -2.65. The first kappa shape index (κ1) is 16.6. The van der Waals surface area contributed by atoms with E-state index >= 15 is 0 Å². The van der Waals surface area contributed by atoms with E-state index in [1.54, 1.807) is 7.11 Å². The molecule has 0 aromatic heterocycles. The van der Waals surface area contributed by atoms with Crippen LogP contribution in [0.1, 0.15) is 17.5 Å². The van der Waals surface area contributed by atoms with Gasteiger partial charge in [0.15, 0.2) is 11.5 Å². The van der Waals surface area contributed by atoms with Crippen LogP contribution in [0, 0.1) is 5.92 Å². The molecule has 4 aliphatic rings. The monoisotopic (exact) mass is 377 g/mol. The van der Waals surface area contributed by atoms with Gasteiger partial charge in [-0.15, -0.1) is 0 Å². The molecule has 6 nitrogen and oxygen atoms in total. The van der Waals surface area contributed by atoms with Crippen LogP contribution in [0.3, 0.4) is 0 Å². The third kappa shape index (κ3) is 2.02. The first-order chi connectivity index (χ1) is 12.3. The number of hydrogen-bond acceptors (Lipinski definition) is 6. The van der Waals surface area contributed by atoms with E-state index in [0.29, 0.717) is 11.8 Å². The predicted molar refractivity (Wildman–Crippen MR) is 96.2 cm³/mol. The first-order valence-corrected chi connectivity index (χ1v) is 10.8. The number of likely N-dealkylation sites (tertiary alicyclic amines) is 1. The molecule has 2 aliphatic heterocycles. The Kier molecular flexibility index (Phi) is 3.34. The second-order valence-corrected chi connectivity index (χ2v) is 9.49. The Bertz CT molecular complexity index is 911. The molecule has 0 unspecified atom stereocenters. The van der Waals surface area contributed by atoms with Crippen molar-refractivity contribution in [1.82, 2.24) is 4.90 Å². The minimum atomic E-state index is -3.59. The van der Waals surface area contributed by atoms with E-state index in [9.17, 15) is 8.42 Å². The van der Waals surface area contributed by atoms with Crippen molar-refractivity contribution in [1.29, 1.82) is 0 Å². The maximum absolute atomic E-state index is 11.8. The van der Waals surface area contributed by atoms with Crippen molar-refractivity contribution in [3.63, 3.8) is 0 Å². The van der Waals surface area contributed by atoms with Gasteiger partial charge in [-0.2, -0.15) is 8.42 Å². The van der Waals surface area contributed by atoms with Crippen molar-refractivity contribution in [2.75, 3.05) is 27.0 Å². The van der Waals surface area contributed by atoms with Gasteiger partial charge in [0, 0.05) is 22.9 Å². The van der Waals surface area contributed by atoms with E-state index in [4.69, 9.17) is 13.7 Å². The minimum Gasteiger partial charge on any atom is -0.493 e. The molecule has 7 heteroatoms. The largest absolute Gasteiger partial charge is 0.493 e. The van der Waals surface area contributed by atoms with E-state index in [2.05, 4.69) is 24.1 Å². The summed E-state index contributed by atoms with van der Waals surface area (Å²) < 4.78 is 41.0. The smallest absolute Gasteiger partial charge is 0.265 e. The highest BCUT2D eigenvalue weighted by Gasteiger charge is 2.65. The third-order valence-corrected chi connectivity index (χ3v) is 7.19. The number of nitrogens with zero attached hydrogens (tertiary/aromatic N) is 1. The summed E-state index contributed by atoms with van der Waals surface area (Å²) in [5.74, 6) is 1.77. The normalized spacial score (nSPS) is 37.2. The van der Waals surface area contributed by atoms with Crippen molar-refractivity contribution < 1.29 is 22.1 Å². The SMILES string of the molecule is COc1ccc2c3c1O[C@@H]1[C@@H](OS(C)(=O)=O)C=C[C@H]4[C@@H](C2)N(C)CC[C@]314. The molecule has 5 atom stereocenters. The number of likely N-dealkylation sites (N-methyl/N-ethyl adjacent to an activating group) is 1. The summed E-state index contributed by atoms with van der Waals surface area (Å²) in [6, 6.07) is 4.48. The zero-order valence-corrected chi connectivity index (χ0v) is 16.0. The van der Waals surface area contributed by atoms with Crippen LogP contribution in [0.15, 0.2) is 24.3 Å². The average Bonchev–Trinajstić information content (AvgIpc) is 2.93. The zero-order valence-electron chi connectivity index (χ0n) is 15.1. The van der Waals surface area contributed by atoms with Crippen molar-refractivity contribution in [3.05, 3.63) is 35.4 Å². The van der Waals surface area contributed by atoms with E-state index in [1.807, 2.05) is 12.1 Å². The molecule has 26 heavy (non-hydrogen) atoms. The Hall–Kier alpha value is -1.57. The van der Waals surface area contributed by atoms with Crippen LogP contribution >= 0.6 is 0 Å². The van der Waals surface area contributed by atoms with Crippen molar-refractivity contribution in [3.8, 4) is 11.5 Å². The summed E-state index contributed by atoms with van der Waals surface area (Å²) in [6.45, 7) is 0.955. The van der Waals surface area contributed by atoms with Crippen molar-refractivity contribution >= 4 is 10.1 Å². The Morgan fingerprint density at radius 2 is 2.12 bits per heavy atom. The molecule has 0 amide bonds. The molecule has 1 aromatic carbocycles. The summed E-state index contributed by atoms with van der Waals surface area (Å²) >= 11 is 0. The van der Waals surface area contributed by atoms with E-state index < -0.39 is 16.2 Å². The van der Waals surface area contributed by atoms with Gasteiger partial charge in [-0.1, -0.05) is 18.2 Å². The summed E-state index contributed by atoms with van der Waals surface area (Å²) in [7, 11) is 0.223. The van der Waals surface area contributed by atoms with Gasteiger partial charge in [-0.25, -0.2) is 0 Å². The Morgan fingerprint density at radius 1 is 1.31 bits per heavy atom. The molecule has 2 bridgehead atoms. The summed E-state index contributed by atoms with van der Waals surface area (Å²) in [5, 5.41) is 0. The van der Waals surface area contributed by atoms with Crippen molar-refractivity contribution in [2.45, 2.75) is 36.5 Å². The van der Waals surface area contributed by atoms with Crippen LogP contribution in [-0.2, 0) is 26.1 Å². The van der Waals surface area contributed by atoms with E-state index in [0.717, 1.165) is 31.4 Å². The van der Waals surface area contributed by atoms with Gasteiger partial charge in [-0.3, -0.25) is 4.18 Å². The number of hydrogen-bond donors (Lipinski definition) is 0. The zero-order chi connectivity index (χ0) is 18.3. The first-order valence-electron chi connectivity index (χ1n) is 8.99. The molecule has 0 saturated carbocycles. The van der Waals surface area contributed by atoms with Crippen LogP contribution in [0.5, 0.6) is 11.5 Å². The quantitative estimate of drug-likeness (QED) is 0.587. The lowest BCUT2D eigenvalue weighted by atomic mass is 9.53. The van der Waals surface area contributed by atoms with E-state index in [-0.39, 0.29) is 17.4 Å². The second-order valence-electron chi connectivity index (χ2n) is 7.89. The summed E-state index contributed by atoms with van der Waals surface area (Å²) in [4.78, 5) is 2.42. The molecule has 0 N–H and O–H groups in total. The molecule has 2 heterocycles. The summed E-state index contributed by atoms with van der Waals surface area (Å²) in [5.41, 5.74) is 2.24. The lowest BCUT2D eigenvalue weighted by molar-refractivity contribution is -0.0365. The fraction of sp³-hybridized carbons (Fsp3) is 0.579.